The molecule has 4 rings (SSSR count). The van der Waals surface area contributed by atoms with Crippen molar-refractivity contribution in [2.75, 3.05) is 0 Å². The molecule has 0 atom stereocenters. The molecule has 3 aromatic heterocycles. The fourth-order valence-electron chi connectivity index (χ4n) is 2.31. The second-order valence-corrected chi connectivity index (χ2v) is 7.58. The van der Waals surface area contributed by atoms with Gasteiger partial charge in [-0.1, -0.05) is 29.4 Å². The SMILES string of the molecule is Cn1c(SCc2ncc(-c3ccc(Cl)cc3)o2)nnc1-c1cccs1. The summed E-state index contributed by atoms with van der Waals surface area (Å²) in [5.74, 6) is 2.83. The van der Waals surface area contributed by atoms with Gasteiger partial charge in [-0.05, 0) is 35.7 Å². The highest BCUT2D eigenvalue weighted by atomic mass is 35.5. The van der Waals surface area contributed by atoms with Gasteiger partial charge in [0.2, 0.25) is 5.89 Å². The van der Waals surface area contributed by atoms with Crippen LogP contribution in [0.1, 0.15) is 5.89 Å². The van der Waals surface area contributed by atoms with Crippen molar-refractivity contribution in [1.82, 2.24) is 19.7 Å². The predicted octanol–water partition coefficient (Wildman–Crippen LogP) is 5.14. The third-order valence-electron chi connectivity index (χ3n) is 3.58. The minimum Gasteiger partial charge on any atom is -0.440 e. The van der Waals surface area contributed by atoms with E-state index in [2.05, 4.69) is 15.2 Å². The predicted molar refractivity (Wildman–Crippen MR) is 101 cm³/mol. The molecule has 0 N–H and O–H groups in total. The highest BCUT2D eigenvalue weighted by Gasteiger charge is 2.13. The summed E-state index contributed by atoms with van der Waals surface area (Å²) in [7, 11) is 1.96. The van der Waals surface area contributed by atoms with Crippen molar-refractivity contribution >= 4 is 34.7 Å². The molecule has 0 aliphatic heterocycles. The Morgan fingerprint density at radius 3 is 2.80 bits per heavy atom. The summed E-state index contributed by atoms with van der Waals surface area (Å²) in [5.41, 5.74) is 0.951. The molecule has 0 spiro atoms. The zero-order valence-corrected chi connectivity index (χ0v) is 15.6. The first kappa shape index (κ1) is 16.4. The lowest BCUT2D eigenvalue weighted by atomic mass is 10.2. The van der Waals surface area contributed by atoms with Crippen LogP contribution < -0.4 is 0 Å². The Hall–Kier alpha value is -2.09. The van der Waals surface area contributed by atoms with Gasteiger partial charge in [0.25, 0.3) is 0 Å². The number of thiophene rings is 1. The molecule has 1 aromatic carbocycles. The lowest BCUT2D eigenvalue weighted by Gasteiger charge is -2.01. The Balaban J connectivity index is 1.46. The average Bonchev–Trinajstić information content (AvgIpc) is 3.34. The van der Waals surface area contributed by atoms with Crippen LogP contribution in [0, 0.1) is 0 Å². The van der Waals surface area contributed by atoms with Gasteiger partial charge in [0.15, 0.2) is 16.7 Å². The van der Waals surface area contributed by atoms with Gasteiger partial charge in [0, 0.05) is 17.6 Å². The third kappa shape index (κ3) is 3.49. The van der Waals surface area contributed by atoms with E-state index in [4.69, 9.17) is 16.0 Å². The molecule has 0 aliphatic carbocycles. The van der Waals surface area contributed by atoms with Crippen LogP contribution in [0.4, 0.5) is 0 Å². The van der Waals surface area contributed by atoms with E-state index in [1.807, 2.05) is 53.4 Å². The van der Waals surface area contributed by atoms with Gasteiger partial charge in [0.1, 0.15) is 0 Å². The minimum atomic E-state index is 0.587. The maximum absolute atomic E-state index is 5.91. The number of oxazole rings is 1. The van der Waals surface area contributed by atoms with Gasteiger partial charge >= 0.3 is 0 Å². The van der Waals surface area contributed by atoms with E-state index in [1.54, 1.807) is 29.3 Å². The van der Waals surface area contributed by atoms with E-state index in [9.17, 15) is 0 Å². The van der Waals surface area contributed by atoms with Crippen LogP contribution in [0.25, 0.3) is 22.0 Å². The first-order valence-electron chi connectivity index (χ1n) is 7.47. The van der Waals surface area contributed by atoms with Crippen molar-refractivity contribution in [2.24, 2.45) is 7.05 Å². The Kier molecular flexibility index (Phi) is 4.61. The third-order valence-corrected chi connectivity index (χ3v) is 5.71. The van der Waals surface area contributed by atoms with Gasteiger partial charge < -0.3 is 8.98 Å². The second-order valence-electron chi connectivity index (χ2n) is 5.26. The fourth-order valence-corrected chi connectivity index (χ4v) is 3.95. The summed E-state index contributed by atoms with van der Waals surface area (Å²) in [5, 5.41) is 12.1. The van der Waals surface area contributed by atoms with Crippen LogP contribution in [0.15, 0.2) is 57.5 Å². The van der Waals surface area contributed by atoms with Gasteiger partial charge in [0.05, 0.1) is 16.8 Å². The summed E-state index contributed by atoms with van der Waals surface area (Å²) in [4.78, 5) is 5.44. The van der Waals surface area contributed by atoms with Crippen LogP contribution in [0.5, 0.6) is 0 Å². The topological polar surface area (TPSA) is 56.7 Å². The number of aromatic nitrogens is 4. The number of benzene rings is 1. The van der Waals surface area contributed by atoms with Crippen LogP contribution in [-0.2, 0) is 12.8 Å². The van der Waals surface area contributed by atoms with Crippen molar-refractivity contribution in [3.63, 3.8) is 0 Å². The molecule has 8 heteroatoms. The second kappa shape index (κ2) is 7.03. The summed E-state index contributed by atoms with van der Waals surface area (Å²) in [6.45, 7) is 0. The van der Waals surface area contributed by atoms with E-state index in [1.165, 1.54) is 0 Å². The Morgan fingerprint density at radius 1 is 1.20 bits per heavy atom. The van der Waals surface area contributed by atoms with E-state index in [0.29, 0.717) is 16.7 Å². The number of halogens is 1. The molecule has 0 saturated heterocycles. The van der Waals surface area contributed by atoms with Crippen LogP contribution in [0.3, 0.4) is 0 Å². The lowest BCUT2D eigenvalue weighted by molar-refractivity contribution is 0.529. The van der Waals surface area contributed by atoms with Crippen molar-refractivity contribution in [3.05, 3.63) is 58.9 Å². The van der Waals surface area contributed by atoms with Gasteiger partial charge in [-0.2, -0.15) is 0 Å². The quantitative estimate of drug-likeness (QED) is 0.443. The molecule has 0 fully saturated rings. The highest BCUT2D eigenvalue weighted by molar-refractivity contribution is 7.98. The monoisotopic (exact) mass is 388 g/mol. The van der Waals surface area contributed by atoms with Gasteiger partial charge in [-0.25, -0.2) is 4.98 Å². The fraction of sp³-hybridized carbons (Fsp3) is 0.118. The molecule has 25 heavy (non-hydrogen) atoms. The molecular formula is C17H13ClN4OS2. The number of hydrogen-bond donors (Lipinski definition) is 0. The average molecular weight is 389 g/mol. The molecular weight excluding hydrogens is 376 g/mol. The van der Waals surface area contributed by atoms with Gasteiger partial charge in [-0.3, -0.25) is 0 Å². The first-order valence-corrected chi connectivity index (χ1v) is 9.72. The number of thioether (sulfide) groups is 1. The zero-order chi connectivity index (χ0) is 17.2. The molecule has 0 saturated carbocycles. The molecule has 5 nitrogen and oxygen atoms in total. The molecule has 4 aromatic rings. The number of nitrogens with zero attached hydrogens (tertiary/aromatic N) is 4. The number of hydrogen-bond acceptors (Lipinski definition) is 6. The maximum atomic E-state index is 5.91. The first-order chi connectivity index (χ1) is 12.2. The summed E-state index contributed by atoms with van der Waals surface area (Å²) in [6, 6.07) is 11.5. The normalized spacial score (nSPS) is 11.1. The largest absolute Gasteiger partial charge is 0.440 e. The molecule has 0 bridgehead atoms. The van der Waals surface area contributed by atoms with E-state index in [0.717, 1.165) is 27.2 Å². The van der Waals surface area contributed by atoms with E-state index in [-0.39, 0.29) is 0 Å². The van der Waals surface area contributed by atoms with E-state index >= 15 is 0 Å². The van der Waals surface area contributed by atoms with Crippen LogP contribution in [0.2, 0.25) is 5.02 Å². The van der Waals surface area contributed by atoms with Crippen LogP contribution >= 0.6 is 34.7 Å². The molecule has 0 aliphatic rings. The molecule has 3 heterocycles. The molecule has 0 radical (unpaired) electrons. The summed E-state index contributed by atoms with van der Waals surface area (Å²) in [6.07, 6.45) is 1.73. The van der Waals surface area contributed by atoms with Gasteiger partial charge in [-0.15, -0.1) is 21.5 Å². The van der Waals surface area contributed by atoms with Crippen molar-refractivity contribution in [3.8, 4) is 22.0 Å². The minimum absolute atomic E-state index is 0.587. The number of rotatable bonds is 5. The van der Waals surface area contributed by atoms with Crippen LogP contribution in [-0.4, -0.2) is 19.7 Å². The maximum Gasteiger partial charge on any atom is 0.205 e. The molecule has 0 amide bonds. The Bertz CT molecular complexity index is 977. The van der Waals surface area contributed by atoms with E-state index < -0.39 is 0 Å². The standard InChI is InChI=1S/C17H13ClN4OS2/c1-22-16(14-3-2-8-24-14)20-21-17(22)25-10-15-19-9-13(23-15)11-4-6-12(18)7-5-11/h2-9H,10H2,1H3. The summed E-state index contributed by atoms with van der Waals surface area (Å²) < 4.78 is 7.81. The van der Waals surface area contributed by atoms with Crippen molar-refractivity contribution < 1.29 is 4.42 Å². The van der Waals surface area contributed by atoms with Crippen molar-refractivity contribution in [1.29, 1.82) is 0 Å². The van der Waals surface area contributed by atoms with Crippen molar-refractivity contribution in [2.45, 2.75) is 10.9 Å². The molecule has 126 valence electrons. The zero-order valence-electron chi connectivity index (χ0n) is 13.2. The smallest absolute Gasteiger partial charge is 0.205 e. The Labute approximate surface area is 157 Å². The summed E-state index contributed by atoms with van der Waals surface area (Å²) >= 11 is 9.10. The molecule has 0 unspecified atom stereocenters. The highest BCUT2D eigenvalue weighted by Crippen LogP contribution is 2.29. The Morgan fingerprint density at radius 2 is 2.04 bits per heavy atom. The lowest BCUT2D eigenvalue weighted by Crippen LogP contribution is -1.93.